The molecule has 0 aliphatic carbocycles. The van der Waals surface area contributed by atoms with E-state index in [0.29, 0.717) is 17.9 Å². The second-order valence-corrected chi connectivity index (χ2v) is 3.82. The Labute approximate surface area is 103 Å². The minimum Gasteiger partial charge on any atom is -0.493 e. The van der Waals surface area contributed by atoms with Crippen molar-refractivity contribution in [2.24, 2.45) is 0 Å². The molecule has 0 atom stereocenters. The van der Waals surface area contributed by atoms with Crippen LogP contribution in [0.1, 0.15) is 42.6 Å². The first kappa shape index (κ1) is 13.6. The fraction of sp³-hybridized carbons (Fsp3) is 0.500. The molecule has 0 aliphatic rings. The molecule has 0 amide bonds. The highest BCUT2D eigenvalue weighted by Gasteiger charge is 2.15. The molecule has 0 radical (unpaired) electrons. The maximum absolute atomic E-state index is 11.6. The SMILES string of the molecule is CCCCc1cccc(C(=O)OC)c1OCC. The topological polar surface area (TPSA) is 35.5 Å². The van der Waals surface area contributed by atoms with Gasteiger partial charge in [-0.15, -0.1) is 0 Å². The van der Waals surface area contributed by atoms with Crippen molar-refractivity contribution in [3.05, 3.63) is 29.3 Å². The van der Waals surface area contributed by atoms with E-state index in [4.69, 9.17) is 9.47 Å². The molecule has 0 aromatic heterocycles. The van der Waals surface area contributed by atoms with Crippen LogP contribution in [0.25, 0.3) is 0 Å². The number of ether oxygens (including phenoxy) is 2. The number of esters is 1. The van der Waals surface area contributed by atoms with Gasteiger partial charge in [-0.05, 0) is 31.4 Å². The molecule has 0 N–H and O–H groups in total. The van der Waals surface area contributed by atoms with E-state index in [1.54, 1.807) is 6.07 Å². The van der Waals surface area contributed by atoms with Gasteiger partial charge in [0.25, 0.3) is 0 Å². The third kappa shape index (κ3) is 3.48. The molecule has 0 spiro atoms. The normalized spacial score (nSPS) is 10.1. The zero-order valence-electron chi connectivity index (χ0n) is 10.8. The fourth-order valence-corrected chi connectivity index (χ4v) is 1.73. The van der Waals surface area contributed by atoms with Crippen molar-refractivity contribution in [2.45, 2.75) is 33.1 Å². The Hall–Kier alpha value is -1.51. The van der Waals surface area contributed by atoms with Crippen LogP contribution in [0.3, 0.4) is 0 Å². The maximum Gasteiger partial charge on any atom is 0.341 e. The predicted molar refractivity (Wildman–Crippen MR) is 67.6 cm³/mol. The first-order valence-corrected chi connectivity index (χ1v) is 6.07. The number of benzene rings is 1. The smallest absolute Gasteiger partial charge is 0.341 e. The van der Waals surface area contributed by atoms with E-state index < -0.39 is 0 Å². The molecule has 94 valence electrons. The summed E-state index contributed by atoms with van der Waals surface area (Å²) in [4.78, 5) is 11.6. The molecule has 1 aromatic carbocycles. The molecule has 0 bridgehead atoms. The third-order valence-corrected chi connectivity index (χ3v) is 2.59. The van der Waals surface area contributed by atoms with Crippen LogP contribution in [0.4, 0.5) is 0 Å². The minimum absolute atomic E-state index is 0.341. The maximum atomic E-state index is 11.6. The Morgan fingerprint density at radius 2 is 2.06 bits per heavy atom. The largest absolute Gasteiger partial charge is 0.493 e. The van der Waals surface area contributed by atoms with Gasteiger partial charge >= 0.3 is 5.97 Å². The van der Waals surface area contributed by atoms with Crippen LogP contribution < -0.4 is 4.74 Å². The van der Waals surface area contributed by atoms with Crippen LogP contribution in [0.5, 0.6) is 5.75 Å². The molecule has 0 fully saturated rings. The van der Waals surface area contributed by atoms with Gasteiger partial charge in [0.05, 0.1) is 13.7 Å². The lowest BCUT2D eigenvalue weighted by atomic mass is 10.0. The van der Waals surface area contributed by atoms with Crippen molar-refractivity contribution in [3.63, 3.8) is 0 Å². The zero-order chi connectivity index (χ0) is 12.7. The highest BCUT2D eigenvalue weighted by molar-refractivity contribution is 5.93. The summed E-state index contributed by atoms with van der Waals surface area (Å²) in [6.07, 6.45) is 3.13. The van der Waals surface area contributed by atoms with Gasteiger partial charge in [0.2, 0.25) is 0 Å². The van der Waals surface area contributed by atoms with Crippen LogP contribution >= 0.6 is 0 Å². The molecule has 0 saturated heterocycles. The van der Waals surface area contributed by atoms with Crippen LogP contribution in [0, 0.1) is 0 Å². The molecule has 1 rings (SSSR count). The second kappa shape index (κ2) is 6.94. The molecular formula is C14H20O3. The summed E-state index contributed by atoms with van der Waals surface area (Å²) in [5.41, 5.74) is 1.60. The number of para-hydroxylation sites is 1. The Balaban J connectivity index is 3.07. The Morgan fingerprint density at radius 1 is 1.29 bits per heavy atom. The molecule has 3 heteroatoms. The van der Waals surface area contributed by atoms with E-state index in [1.807, 2.05) is 19.1 Å². The van der Waals surface area contributed by atoms with Gasteiger partial charge in [0.15, 0.2) is 0 Å². The zero-order valence-corrected chi connectivity index (χ0v) is 10.8. The third-order valence-electron chi connectivity index (χ3n) is 2.59. The molecule has 0 saturated carbocycles. The molecule has 0 aliphatic heterocycles. The Bertz CT molecular complexity index is 372. The standard InChI is InChI=1S/C14H20O3/c1-4-6-8-11-9-7-10-12(14(15)16-3)13(11)17-5-2/h7,9-10H,4-6,8H2,1-3H3. The van der Waals surface area contributed by atoms with Gasteiger partial charge in [-0.1, -0.05) is 25.5 Å². The average molecular weight is 236 g/mol. The van der Waals surface area contributed by atoms with Gasteiger partial charge in [0.1, 0.15) is 11.3 Å². The van der Waals surface area contributed by atoms with Gasteiger partial charge in [-0.2, -0.15) is 0 Å². The molecule has 3 nitrogen and oxygen atoms in total. The summed E-state index contributed by atoms with van der Waals surface area (Å²) in [7, 11) is 1.39. The molecule has 0 heterocycles. The van der Waals surface area contributed by atoms with Crippen molar-refractivity contribution in [3.8, 4) is 5.75 Å². The monoisotopic (exact) mass is 236 g/mol. The van der Waals surface area contributed by atoms with E-state index in [0.717, 1.165) is 24.8 Å². The number of carbonyl (C=O) groups is 1. The first-order chi connectivity index (χ1) is 8.24. The Morgan fingerprint density at radius 3 is 2.65 bits per heavy atom. The number of aryl methyl sites for hydroxylation is 1. The summed E-state index contributed by atoms with van der Waals surface area (Å²) >= 11 is 0. The van der Waals surface area contributed by atoms with Crippen molar-refractivity contribution in [2.75, 3.05) is 13.7 Å². The Kier molecular flexibility index (Phi) is 5.53. The van der Waals surface area contributed by atoms with Gasteiger partial charge in [-0.3, -0.25) is 0 Å². The van der Waals surface area contributed by atoms with Gasteiger partial charge in [0, 0.05) is 0 Å². The highest BCUT2D eigenvalue weighted by atomic mass is 16.5. The van der Waals surface area contributed by atoms with Gasteiger partial charge < -0.3 is 9.47 Å². The summed E-state index contributed by atoms with van der Waals surface area (Å²) in [5.74, 6) is 0.335. The fourth-order valence-electron chi connectivity index (χ4n) is 1.73. The number of hydrogen-bond acceptors (Lipinski definition) is 3. The van der Waals surface area contributed by atoms with E-state index in [2.05, 4.69) is 6.92 Å². The quantitative estimate of drug-likeness (QED) is 0.711. The van der Waals surface area contributed by atoms with E-state index >= 15 is 0 Å². The summed E-state index contributed by atoms with van der Waals surface area (Å²) in [6, 6.07) is 5.62. The lowest BCUT2D eigenvalue weighted by molar-refractivity contribution is 0.0596. The van der Waals surface area contributed by atoms with Crippen LogP contribution in [0.15, 0.2) is 18.2 Å². The van der Waals surface area contributed by atoms with Crippen LogP contribution in [0.2, 0.25) is 0 Å². The van der Waals surface area contributed by atoms with Crippen molar-refractivity contribution in [1.82, 2.24) is 0 Å². The number of carbonyl (C=O) groups excluding carboxylic acids is 1. The minimum atomic E-state index is -0.341. The van der Waals surface area contributed by atoms with Crippen molar-refractivity contribution >= 4 is 5.97 Å². The van der Waals surface area contributed by atoms with Crippen molar-refractivity contribution in [1.29, 1.82) is 0 Å². The van der Waals surface area contributed by atoms with E-state index in [1.165, 1.54) is 7.11 Å². The van der Waals surface area contributed by atoms with Gasteiger partial charge in [-0.25, -0.2) is 4.79 Å². The van der Waals surface area contributed by atoms with Crippen LogP contribution in [-0.4, -0.2) is 19.7 Å². The highest BCUT2D eigenvalue weighted by Crippen LogP contribution is 2.26. The number of hydrogen-bond donors (Lipinski definition) is 0. The molecule has 17 heavy (non-hydrogen) atoms. The second-order valence-electron chi connectivity index (χ2n) is 3.82. The predicted octanol–water partition coefficient (Wildman–Crippen LogP) is 3.21. The lowest BCUT2D eigenvalue weighted by Crippen LogP contribution is -2.08. The molecule has 0 unspecified atom stereocenters. The summed E-state index contributed by atoms with van der Waals surface area (Å²) < 4.78 is 10.4. The van der Waals surface area contributed by atoms with E-state index in [9.17, 15) is 4.79 Å². The summed E-state index contributed by atoms with van der Waals surface area (Å²) in [5, 5.41) is 0. The molecular weight excluding hydrogens is 216 g/mol. The number of rotatable bonds is 6. The van der Waals surface area contributed by atoms with E-state index in [-0.39, 0.29) is 5.97 Å². The average Bonchev–Trinajstić information content (AvgIpc) is 2.36. The molecule has 1 aromatic rings. The van der Waals surface area contributed by atoms with Crippen molar-refractivity contribution < 1.29 is 14.3 Å². The first-order valence-electron chi connectivity index (χ1n) is 6.07. The number of methoxy groups -OCH3 is 1. The van der Waals surface area contributed by atoms with Crippen LogP contribution in [-0.2, 0) is 11.2 Å². The lowest BCUT2D eigenvalue weighted by Gasteiger charge is -2.13. The summed E-state index contributed by atoms with van der Waals surface area (Å²) in [6.45, 7) is 4.61. The number of unbranched alkanes of at least 4 members (excludes halogenated alkanes) is 1.